The highest BCUT2D eigenvalue weighted by Crippen LogP contribution is 2.29. The smallest absolute Gasteiger partial charge is 0.276 e. The third kappa shape index (κ3) is 3.39. The van der Waals surface area contributed by atoms with E-state index in [1.807, 2.05) is 0 Å². The Morgan fingerprint density at radius 3 is 2.71 bits per heavy atom. The third-order valence-electron chi connectivity index (χ3n) is 3.27. The Labute approximate surface area is 146 Å². The van der Waals surface area contributed by atoms with E-state index < -0.39 is 11.9 Å². The largest absolute Gasteiger partial charge is 0.341 e. The van der Waals surface area contributed by atoms with Crippen molar-refractivity contribution in [3.63, 3.8) is 0 Å². The van der Waals surface area contributed by atoms with Gasteiger partial charge in [0, 0.05) is 16.3 Å². The summed E-state index contributed by atoms with van der Waals surface area (Å²) in [5, 5.41) is 3.54. The van der Waals surface area contributed by atoms with Crippen LogP contribution in [-0.4, -0.2) is 20.9 Å². The molecule has 1 aromatic carbocycles. The van der Waals surface area contributed by atoms with Gasteiger partial charge in [0.05, 0.1) is 16.9 Å². The van der Waals surface area contributed by atoms with Crippen molar-refractivity contribution in [3.8, 4) is 11.4 Å². The number of aromatic nitrogens is 3. The molecular weight excluding hydrogens is 354 g/mol. The highest BCUT2D eigenvalue weighted by Gasteiger charge is 2.17. The Morgan fingerprint density at radius 2 is 2.04 bits per heavy atom. The summed E-state index contributed by atoms with van der Waals surface area (Å²) >= 11 is 12.0. The molecule has 0 aliphatic rings. The van der Waals surface area contributed by atoms with Gasteiger partial charge in [-0.15, -0.1) is 0 Å². The van der Waals surface area contributed by atoms with Crippen LogP contribution in [0.25, 0.3) is 11.4 Å². The highest BCUT2D eigenvalue weighted by atomic mass is 35.5. The van der Waals surface area contributed by atoms with Gasteiger partial charge >= 0.3 is 0 Å². The highest BCUT2D eigenvalue weighted by molar-refractivity contribution is 6.36. The van der Waals surface area contributed by atoms with Gasteiger partial charge in [-0.3, -0.25) is 4.79 Å². The van der Waals surface area contributed by atoms with Gasteiger partial charge in [-0.05, 0) is 37.3 Å². The lowest BCUT2D eigenvalue weighted by Crippen LogP contribution is -2.13. The van der Waals surface area contributed by atoms with Gasteiger partial charge < -0.3 is 10.3 Å². The summed E-state index contributed by atoms with van der Waals surface area (Å²) in [6.07, 6.45) is 1.23. The molecule has 5 nitrogen and oxygen atoms in total. The second-order valence-electron chi connectivity index (χ2n) is 5.01. The first kappa shape index (κ1) is 16.4. The zero-order chi connectivity index (χ0) is 17.3. The number of H-pyrrole nitrogens is 1. The number of amides is 1. The number of carbonyl (C=O) groups is 1. The number of pyridine rings is 1. The van der Waals surface area contributed by atoms with E-state index in [0.717, 1.165) is 6.07 Å². The number of hydrogen-bond acceptors (Lipinski definition) is 3. The van der Waals surface area contributed by atoms with E-state index in [4.69, 9.17) is 23.2 Å². The predicted molar refractivity (Wildman–Crippen MR) is 90.9 cm³/mol. The van der Waals surface area contributed by atoms with E-state index in [9.17, 15) is 9.18 Å². The van der Waals surface area contributed by atoms with E-state index in [1.54, 1.807) is 25.1 Å². The lowest BCUT2D eigenvalue weighted by atomic mass is 10.2. The maximum absolute atomic E-state index is 12.8. The molecule has 3 aromatic rings. The minimum Gasteiger partial charge on any atom is -0.341 e. The summed E-state index contributed by atoms with van der Waals surface area (Å²) in [5.41, 5.74) is 1.78. The minimum absolute atomic E-state index is 0.209. The van der Waals surface area contributed by atoms with Crippen LogP contribution >= 0.6 is 23.2 Å². The zero-order valence-corrected chi connectivity index (χ0v) is 13.9. The number of imidazole rings is 1. The fraction of sp³-hybridized carbons (Fsp3) is 0.0625. The molecular formula is C16H11Cl2FN4O. The van der Waals surface area contributed by atoms with Crippen molar-refractivity contribution < 1.29 is 9.18 Å². The minimum atomic E-state index is -0.622. The zero-order valence-electron chi connectivity index (χ0n) is 12.4. The first-order valence-corrected chi connectivity index (χ1v) is 7.64. The SMILES string of the molecule is Cc1[nH]c(-c2ccc(Cl)cc2Cl)nc1C(=O)Nc1ccc(F)nc1. The van der Waals surface area contributed by atoms with Crippen molar-refractivity contribution in [2.75, 3.05) is 5.32 Å². The number of nitrogens with zero attached hydrogens (tertiary/aromatic N) is 2. The normalized spacial score (nSPS) is 10.7. The molecule has 8 heteroatoms. The summed E-state index contributed by atoms with van der Waals surface area (Å²) in [5.74, 6) is -0.603. The van der Waals surface area contributed by atoms with E-state index >= 15 is 0 Å². The van der Waals surface area contributed by atoms with Gasteiger partial charge in [-0.25, -0.2) is 9.97 Å². The van der Waals surface area contributed by atoms with E-state index in [-0.39, 0.29) is 5.69 Å². The first-order chi connectivity index (χ1) is 11.4. The fourth-order valence-corrected chi connectivity index (χ4v) is 2.63. The van der Waals surface area contributed by atoms with E-state index in [2.05, 4.69) is 20.3 Å². The number of anilines is 1. The van der Waals surface area contributed by atoms with Gasteiger partial charge in [-0.1, -0.05) is 23.2 Å². The molecule has 2 heterocycles. The van der Waals surface area contributed by atoms with Gasteiger partial charge in [0.15, 0.2) is 0 Å². The molecule has 2 aromatic heterocycles. The van der Waals surface area contributed by atoms with E-state index in [0.29, 0.717) is 32.8 Å². The van der Waals surface area contributed by atoms with Crippen LogP contribution in [0.3, 0.4) is 0 Å². The summed E-state index contributed by atoms with van der Waals surface area (Å²) in [4.78, 5) is 23.1. The molecule has 0 spiro atoms. The average molecular weight is 365 g/mol. The molecule has 1 amide bonds. The Balaban J connectivity index is 1.88. The lowest BCUT2D eigenvalue weighted by Gasteiger charge is -2.03. The lowest BCUT2D eigenvalue weighted by molar-refractivity contribution is 0.102. The second-order valence-corrected chi connectivity index (χ2v) is 5.85. The maximum Gasteiger partial charge on any atom is 0.276 e. The maximum atomic E-state index is 12.8. The molecule has 122 valence electrons. The first-order valence-electron chi connectivity index (χ1n) is 6.89. The van der Waals surface area contributed by atoms with Crippen LogP contribution in [0.15, 0.2) is 36.5 Å². The van der Waals surface area contributed by atoms with Crippen molar-refractivity contribution in [2.45, 2.75) is 6.92 Å². The van der Waals surface area contributed by atoms with Crippen LogP contribution in [0.5, 0.6) is 0 Å². The van der Waals surface area contributed by atoms with Crippen molar-refractivity contribution in [3.05, 3.63) is 63.9 Å². The van der Waals surface area contributed by atoms with Crippen molar-refractivity contribution >= 4 is 34.8 Å². The van der Waals surface area contributed by atoms with Crippen LogP contribution in [-0.2, 0) is 0 Å². The van der Waals surface area contributed by atoms with Crippen LogP contribution in [0.2, 0.25) is 10.0 Å². The summed E-state index contributed by atoms with van der Waals surface area (Å²) in [6.45, 7) is 1.72. The standard InChI is InChI=1S/C16H11Cl2FN4O/c1-8-14(16(24)22-10-3-5-13(19)20-7-10)23-15(21-8)11-4-2-9(17)6-12(11)18/h2-7H,1H3,(H,21,23)(H,22,24). The summed E-state index contributed by atoms with van der Waals surface area (Å²) in [7, 11) is 0. The predicted octanol–water partition coefficient (Wildman–Crippen LogP) is 4.48. The molecule has 0 atom stereocenters. The second kappa shape index (κ2) is 6.59. The molecule has 0 saturated carbocycles. The Bertz CT molecular complexity index is 909. The van der Waals surface area contributed by atoms with Gasteiger partial charge in [0.1, 0.15) is 11.5 Å². The van der Waals surface area contributed by atoms with Crippen LogP contribution < -0.4 is 5.32 Å². The summed E-state index contributed by atoms with van der Waals surface area (Å²) in [6, 6.07) is 7.57. The molecule has 2 N–H and O–H groups in total. The third-order valence-corrected chi connectivity index (χ3v) is 3.82. The van der Waals surface area contributed by atoms with Crippen LogP contribution in [0.1, 0.15) is 16.2 Å². The Hall–Kier alpha value is -2.44. The number of benzene rings is 1. The Kier molecular flexibility index (Phi) is 4.51. The van der Waals surface area contributed by atoms with Crippen molar-refractivity contribution in [2.24, 2.45) is 0 Å². The number of rotatable bonds is 3. The molecule has 0 saturated heterocycles. The number of halogens is 3. The molecule has 0 aliphatic carbocycles. The van der Waals surface area contributed by atoms with Crippen LogP contribution in [0.4, 0.5) is 10.1 Å². The number of hydrogen-bond donors (Lipinski definition) is 2. The van der Waals surface area contributed by atoms with Gasteiger partial charge in [0.25, 0.3) is 5.91 Å². The quantitative estimate of drug-likeness (QED) is 0.673. The molecule has 0 fully saturated rings. The van der Waals surface area contributed by atoms with E-state index in [1.165, 1.54) is 12.3 Å². The van der Waals surface area contributed by atoms with Gasteiger partial charge in [-0.2, -0.15) is 4.39 Å². The molecule has 0 unspecified atom stereocenters. The average Bonchev–Trinajstić information content (AvgIpc) is 2.91. The molecule has 3 rings (SSSR count). The number of carbonyl (C=O) groups excluding carboxylic acids is 1. The summed E-state index contributed by atoms with van der Waals surface area (Å²) < 4.78 is 12.8. The fourth-order valence-electron chi connectivity index (χ4n) is 2.13. The van der Waals surface area contributed by atoms with Crippen LogP contribution in [0, 0.1) is 12.9 Å². The monoisotopic (exact) mass is 364 g/mol. The number of aryl methyl sites for hydroxylation is 1. The van der Waals surface area contributed by atoms with Gasteiger partial charge in [0.2, 0.25) is 5.95 Å². The number of nitrogens with one attached hydrogen (secondary N) is 2. The number of aromatic amines is 1. The molecule has 0 radical (unpaired) electrons. The topological polar surface area (TPSA) is 70.7 Å². The Morgan fingerprint density at radius 1 is 1.25 bits per heavy atom. The molecule has 0 bridgehead atoms. The van der Waals surface area contributed by atoms with Crippen molar-refractivity contribution in [1.29, 1.82) is 0 Å². The molecule has 0 aliphatic heterocycles. The van der Waals surface area contributed by atoms with Crippen molar-refractivity contribution in [1.82, 2.24) is 15.0 Å². The molecule has 24 heavy (non-hydrogen) atoms.